The van der Waals surface area contributed by atoms with Gasteiger partial charge in [0, 0.05) is 31.6 Å². The molecule has 1 fully saturated rings. The van der Waals surface area contributed by atoms with Gasteiger partial charge in [-0.3, -0.25) is 0 Å². The Balaban J connectivity index is 1.48. The minimum absolute atomic E-state index is 0.117. The standard InChI is InChI=1S/C27H22Br2N2O2/c28-19-9-11-23(32)18(14-19)13-17-7-4-8-21-25(17)30-31-26(21)22-15-20(29)10-12-24(22)33-27(31)16-5-2-1-3-6-16/h1-3,5-6,9-15,21,26-27,32H,4,7-8H2/b17-13+/t21-,26-,27+/m1/s1. The zero-order valence-corrected chi connectivity index (χ0v) is 21.0. The van der Waals surface area contributed by atoms with E-state index in [1.807, 2.05) is 36.4 Å². The Kier molecular flexibility index (Phi) is 5.30. The van der Waals surface area contributed by atoms with Crippen molar-refractivity contribution in [3.05, 3.63) is 97.9 Å². The summed E-state index contributed by atoms with van der Waals surface area (Å²) in [5, 5.41) is 17.8. The Labute approximate surface area is 209 Å². The highest BCUT2D eigenvalue weighted by molar-refractivity contribution is 9.10. The predicted molar refractivity (Wildman–Crippen MR) is 137 cm³/mol. The Morgan fingerprint density at radius 2 is 1.79 bits per heavy atom. The van der Waals surface area contributed by atoms with Gasteiger partial charge in [-0.1, -0.05) is 62.2 Å². The first kappa shape index (κ1) is 21.0. The molecule has 1 saturated carbocycles. The Morgan fingerprint density at radius 3 is 2.64 bits per heavy atom. The van der Waals surface area contributed by atoms with E-state index in [2.05, 4.69) is 67.2 Å². The molecule has 0 aromatic heterocycles. The van der Waals surface area contributed by atoms with Crippen LogP contribution in [-0.4, -0.2) is 15.8 Å². The highest BCUT2D eigenvalue weighted by atomic mass is 79.9. The molecule has 0 amide bonds. The van der Waals surface area contributed by atoms with Crippen LogP contribution in [0.4, 0.5) is 0 Å². The number of aromatic hydroxyl groups is 1. The van der Waals surface area contributed by atoms with Gasteiger partial charge in [0.15, 0.2) is 0 Å². The first-order valence-electron chi connectivity index (χ1n) is 11.2. The van der Waals surface area contributed by atoms with Crippen molar-refractivity contribution < 1.29 is 9.84 Å². The summed E-state index contributed by atoms with van der Waals surface area (Å²) in [6.45, 7) is 0. The zero-order valence-electron chi connectivity index (χ0n) is 17.8. The van der Waals surface area contributed by atoms with E-state index in [0.29, 0.717) is 0 Å². The molecular formula is C27H22Br2N2O2. The number of fused-ring (bicyclic) bond motifs is 5. The molecule has 1 N–H and O–H groups in total. The molecule has 0 radical (unpaired) electrons. The molecular weight excluding hydrogens is 544 g/mol. The van der Waals surface area contributed by atoms with Crippen LogP contribution in [0.25, 0.3) is 6.08 Å². The van der Waals surface area contributed by atoms with Gasteiger partial charge in [0.2, 0.25) is 6.23 Å². The normalized spacial score (nSPS) is 24.5. The monoisotopic (exact) mass is 564 g/mol. The molecule has 0 saturated heterocycles. The molecule has 3 atom stereocenters. The van der Waals surface area contributed by atoms with Crippen molar-refractivity contribution in [1.82, 2.24) is 5.01 Å². The van der Waals surface area contributed by atoms with Gasteiger partial charge in [-0.25, -0.2) is 5.01 Å². The second kappa shape index (κ2) is 8.33. The van der Waals surface area contributed by atoms with E-state index >= 15 is 0 Å². The first-order chi connectivity index (χ1) is 16.1. The average Bonchev–Trinajstić information content (AvgIpc) is 3.22. The molecule has 0 unspecified atom stereocenters. The van der Waals surface area contributed by atoms with Crippen LogP contribution in [0.1, 0.15) is 48.2 Å². The van der Waals surface area contributed by atoms with Gasteiger partial charge in [-0.15, -0.1) is 0 Å². The summed E-state index contributed by atoms with van der Waals surface area (Å²) in [5.74, 6) is 1.48. The lowest BCUT2D eigenvalue weighted by molar-refractivity contribution is -0.0293. The Hall–Kier alpha value is -2.57. The maximum absolute atomic E-state index is 10.4. The Bertz CT molecular complexity index is 1290. The number of hydrogen-bond acceptors (Lipinski definition) is 4. The third-order valence-electron chi connectivity index (χ3n) is 6.70. The lowest BCUT2D eigenvalue weighted by Gasteiger charge is -2.40. The molecule has 0 spiro atoms. The molecule has 3 aromatic rings. The van der Waals surface area contributed by atoms with Crippen LogP contribution in [-0.2, 0) is 0 Å². The van der Waals surface area contributed by atoms with E-state index in [-0.39, 0.29) is 23.9 Å². The fraction of sp³-hybridized carbons (Fsp3) is 0.222. The summed E-state index contributed by atoms with van der Waals surface area (Å²) in [4.78, 5) is 0. The number of phenolic OH excluding ortho intramolecular Hbond substituents is 1. The van der Waals surface area contributed by atoms with Crippen molar-refractivity contribution >= 4 is 43.6 Å². The molecule has 6 heteroatoms. The molecule has 3 aromatic carbocycles. The summed E-state index contributed by atoms with van der Waals surface area (Å²) in [6, 6.07) is 22.2. The second-order valence-corrected chi connectivity index (χ2v) is 10.6. The van der Waals surface area contributed by atoms with Crippen LogP contribution in [0.5, 0.6) is 11.5 Å². The van der Waals surface area contributed by atoms with Gasteiger partial charge < -0.3 is 9.84 Å². The number of phenols is 1. The fourth-order valence-electron chi connectivity index (χ4n) is 5.23. The van der Waals surface area contributed by atoms with Crippen molar-refractivity contribution in [2.24, 2.45) is 11.0 Å². The summed E-state index contributed by atoms with van der Waals surface area (Å²) < 4.78 is 8.50. The molecule has 0 bridgehead atoms. The Morgan fingerprint density at radius 1 is 1.00 bits per heavy atom. The average molecular weight is 566 g/mol. The van der Waals surface area contributed by atoms with E-state index in [1.165, 1.54) is 11.1 Å². The van der Waals surface area contributed by atoms with Crippen molar-refractivity contribution in [3.63, 3.8) is 0 Å². The number of allylic oxidation sites excluding steroid dienone is 1. The van der Waals surface area contributed by atoms with E-state index < -0.39 is 0 Å². The molecule has 6 rings (SSSR count). The van der Waals surface area contributed by atoms with Crippen LogP contribution < -0.4 is 4.74 Å². The quantitative estimate of drug-likeness (QED) is 0.348. The largest absolute Gasteiger partial charge is 0.507 e. The maximum atomic E-state index is 10.4. The van der Waals surface area contributed by atoms with Crippen LogP contribution in [0.15, 0.2) is 86.3 Å². The lowest BCUT2D eigenvalue weighted by Crippen LogP contribution is -2.36. The highest BCUT2D eigenvalue weighted by Gasteiger charge is 2.48. The van der Waals surface area contributed by atoms with Gasteiger partial charge in [0.25, 0.3) is 0 Å². The highest BCUT2D eigenvalue weighted by Crippen LogP contribution is 2.53. The third kappa shape index (κ3) is 3.69. The summed E-state index contributed by atoms with van der Waals surface area (Å²) in [7, 11) is 0. The SMILES string of the molecule is Oc1ccc(Br)cc1/C=C1\CCC[C@@H]2C1=NN1[C@H](c3ccccc3)Oc3ccc(Br)cc3[C@@H]21. The third-order valence-corrected chi connectivity index (χ3v) is 7.69. The lowest BCUT2D eigenvalue weighted by atomic mass is 9.77. The molecule has 2 aliphatic heterocycles. The maximum Gasteiger partial charge on any atom is 0.213 e. The first-order valence-corrected chi connectivity index (χ1v) is 12.7. The van der Waals surface area contributed by atoms with Crippen LogP contribution >= 0.6 is 31.9 Å². The predicted octanol–water partition coefficient (Wildman–Crippen LogP) is 7.60. The van der Waals surface area contributed by atoms with E-state index in [0.717, 1.165) is 50.8 Å². The van der Waals surface area contributed by atoms with Gasteiger partial charge in [0.05, 0.1) is 11.8 Å². The summed E-state index contributed by atoms with van der Waals surface area (Å²) in [5.41, 5.74) is 5.38. The number of hydrazone groups is 1. The number of hydrogen-bond donors (Lipinski definition) is 1. The van der Waals surface area contributed by atoms with Gasteiger partial charge in [-0.05, 0) is 67.3 Å². The van der Waals surface area contributed by atoms with Crippen LogP contribution in [0.2, 0.25) is 0 Å². The molecule has 3 aliphatic rings. The minimum Gasteiger partial charge on any atom is -0.507 e. The molecule has 4 nitrogen and oxygen atoms in total. The number of benzene rings is 3. The van der Waals surface area contributed by atoms with E-state index in [9.17, 15) is 5.11 Å². The van der Waals surface area contributed by atoms with Crippen molar-refractivity contribution in [1.29, 1.82) is 0 Å². The van der Waals surface area contributed by atoms with Gasteiger partial charge in [-0.2, -0.15) is 5.10 Å². The van der Waals surface area contributed by atoms with Gasteiger partial charge >= 0.3 is 0 Å². The molecule has 1 aliphatic carbocycles. The summed E-state index contributed by atoms with van der Waals surface area (Å²) >= 11 is 7.18. The minimum atomic E-state index is -0.275. The number of ether oxygens (including phenoxy) is 1. The van der Waals surface area contributed by atoms with Crippen molar-refractivity contribution in [3.8, 4) is 11.5 Å². The van der Waals surface area contributed by atoms with Crippen LogP contribution in [0, 0.1) is 5.92 Å². The topological polar surface area (TPSA) is 45.1 Å². The second-order valence-electron chi connectivity index (χ2n) is 8.74. The smallest absolute Gasteiger partial charge is 0.213 e. The molecule has 2 heterocycles. The number of rotatable bonds is 2. The zero-order chi connectivity index (χ0) is 22.5. The summed E-state index contributed by atoms with van der Waals surface area (Å²) in [6.07, 6.45) is 4.95. The van der Waals surface area contributed by atoms with E-state index in [4.69, 9.17) is 9.84 Å². The number of halogens is 2. The molecule has 33 heavy (non-hydrogen) atoms. The van der Waals surface area contributed by atoms with E-state index in [1.54, 1.807) is 6.07 Å². The molecule has 166 valence electrons. The fourth-order valence-corrected chi connectivity index (χ4v) is 5.99. The van der Waals surface area contributed by atoms with Crippen LogP contribution in [0.3, 0.4) is 0 Å². The van der Waals surface area contributed by atoms with Crippen molar-refractivity contribution in [2.45, 2.75) is 31.5 Å². The number of nitrogens with zero attached hydrogens (tertiary/aromatic N) is 2. The van der Waals surface area contributed by atoms with Gasteiger partial charge in [0.1, 0.15) is 11.5 Å². The van der Waals surface area contributed by atoms with Crippen molar-refractivity contribution in [2.75, 3.05) is 0 Å².